The maximum absolute atomic E-state index is 11.6. The van der Waals surface area contributed by atoms with E-state index in [-0.39, 0.29) is 29.8 Å². The van der Waals surface area contributed by atoms with E-state index in [4.69, 9.17) is 0 Å². The highest BCUT2D eigenvalue weighted by Crippen LogP contribution is 2.67. The van der Waals surface area contributed by atoms with Crippen LogP contribution in [0.25, 0.3) is 0 Å². The molecule has 0 bridgehead atoms. The molecule has 3 saturated carbocycles. The van der Waals surface area contributed by atoms with Crippen molar-refractivity contribution in [3.8, 4) is 0 Å². The zero-order valence-corrected chi connectivity index (χ0v) is 20.8. The van der Waals surface area contributed by atoms with Crippen molar-refractivity contribution in [1.29, 1.82) is 0 Å². The average molecular weight is 447 g/mol. The zero-order valence-electron chi connectivity index (χ0n) is 20.8. The number of hydrogen-bond acceptors (Lipinski definition) is 4. The van der Waals surface area contributed by atoms with Gasteiger partial charge in [0, 0.05) is 18.4 Å². The fourth-order valence-corrected chi connectivity index (χ4v) is 8.29. The van der Waals surface area contributed by atoms with E-state index >= 15 is 0 Å². The highest BCUT2D eigenvalue weighted by molar-refractivity contribution is 5.33. The van der Waals surface area contributed by atoms with Crippen molar-refractivity contribution in [3.63, 3.8) is 0 Å². The van der Waals surface area contributed by atoms with Gasteiger partial charge in [-0.05, 0) is 79.4 Å². The van der Waals surface area contributed by atoms with Crippen LogP contribution in [0.4, 0.5) is 0 Å². The lowest BCUT2D eigenvalue weighted by Crippen LogP contribution is -2.65. The van der Waals surface area contributed by atoms with E-state index in [0.717, 1.165) is 25.7 Å². The van der Waals surface area contributed by atoms with E-state index in [1.54, 1.807) is 0 Å². The van der Waals surface area contributed by atoms with Gasteiger partial charge in [-0.3, -0.25) is 0 Å². The van der Waals surface area contributed by atoms with Gasteiger partial charge in [-0.25, -0.2) is 0 Å². The Kier molecular flexibility index (Phi) is 6.51. The summed E-state index contributed by atoms with van der Waals surface area (Å²) in [5.41, 5.74) is 0.0321. The van der Waals surface area contributed by atoms with Gasteiger partial charge in [0.2, 0.25) is 0 Å². The second-order valence-electron chi connectivity index (χ2n) is 12.4. The molecule has 0 aromatic carbocycles. The fourth-order valence-electron chi connectivity index (χ4n) is 8.29. The highest BCUT2D eigenvalue weighted by Gasteiger charge is 2.64. The van der Waals surface area contributed by atoms with E-state index in [1.807, 2.05) is 6.08 Å². The first-order chi connectivity index (χ1) is 15.0. The van der Waals surface area contributed by atoms with Gasteiger partial charge in [0.15, 0.2) is 0 Å². The zero-order chi connectivity index (χ0) is 23.5. The highest BCUT2D eigenvalue weighted by atomic mass is 16.3. The number of aliphatic hydroxyl groups is 4. The van der Waals surface area contributed by atoms with E-state index in [0.29, 0.717) is 36.0 Å². The Balaban J connectivity index is 1.59. The van der Waals surface area contributed by atoms with Crippen LogP contribution in [0.3, 0.4) is 0 Å². The monoisotopic (exact) mass is 446 g/mol. The lowest BCUT2D eigenvalue weighted by Gasteiger charge is -2.62. The van der Waals surface area contributed by atoms with Gasteiger partial charge in [-0.2, -0.15) is 0 Å². The SMILES string of the molecule is CC(CO)[C@@H](C)/C=C/[C@@H](C)[C@@H]1CC[C@@H]2C3=C[C@@H](O)[C@@]4(O)C[C@@H](O)CC[C@]4(C)[C@H]3CC[C@@]21C. The second-order valence-corrected chi connectivity index (χ2v) is 12.4. The summed E-state index contributed by atoms with van der Waals surface area (Å²) < 4.78 is 0. The van der Waals surface area contributed by atoms with Crippen molar-refractivity contribution in [2.24, 2.45) is 46.3 Å². The third-order valence-corrected chi connectivity index (χ3v) is 10.9. The van der Waals surface area contributed by atoms with Gasteiger partial charge >= 0.3 is 0 Å². The second kappa shape index (κ2) is 8.52. The number of hydrogen-bond donors (Lipinski definition) is 4. The Hall–Kier alpha value is -0.680. The summed E-state index contributed by atoms with van der Waals surface area (Å²) in [6.45, 7) is 11.5. The smallest absolute Gasteiger partial charge is 0.102 e. The Labute approximate surface area is 194 Å². The largest absolute Gasteiger partial charge is 0.396 e. The molecular formula is C28H46O4. The van der Waals surface area contributed by atoms with Crippen LogP contribution >= 0.6 is 0 Å². The number of fused-ring (bicyclic) bond motifs is 5. The van der Waals surface area contributed by atoms with Crippen LogP contribution in [0.1, 0.15) is 79.6 Å². The van der Waals surface area contributed by atoms with Gasteiger partial charge < -0.3 is 20.4 Å². The Morgan fingerprint density at radius 3 is 2.41 bits per heavy atom. The number of rotatable bonds is 5. The first-order valence-corrected chi connectivity index (χ1v) is 13.1. The molecule has 0 spiro atoms. The normalized spacial score (nSPS) is 49.0. The van der Waals surface area contributed by atoms with Gasteiger partial charge in [0.25, 0.3) is 0 Å². The molecule has 0 aromatic rings. The molecule has 3 fully saturated rings. The molecule has 11 atom stereocenters. The van der Waals surface area contributed by atoms with Crippen LogP contribution in [0, 0.1) is 46.3 Å². The van der Waals surface area contributed by atoms with Crippen molar-refractivity contribution < 1.29 is 20.4 Å². The molecule has 0 radical (unpaired) electrons. The molecule has 0 heterocycles. The van der Waals surface area contributed by atoms with E-state index in [2.05, 4.69) is 46.8 Å². The Bertz CT molecular complexity index is 761. The quantitative estimate of drug-likeness (QED) is 0.470. The molecular weight excluding hydrogens is 400 g/mol. The van der Waals surface area contributed by atoms with Gasteiger partial charge in [0.05, 0.1) is 6.10 Å². The minimum Gasteiger partial charge on any atom is -0.396 e. The Morgan fingerprint density at radius 1 is 1.00 bits per heavy atom. The maximum atomic E-state index is 11.6. The third-order valence-electron chi connectivity index (χ3n) is 10.9. The third kappa shape index (κ3) is 3.56. The molecule has 0 aromatic heterocycles. The van der Waals surface area contributed by atoms with Crippen LogP contribution in [-0.2, 0) is 0 Å². The molecule has 4 nitrogen and oxygen atoms in total. The summed E-state index contributed by atoms with van der Waals surface area (Å²) >= 11 is 0. The van der Waals surface area contributed by atoms with Crippen LogP contribution in [0.5, 0.6) is 0 Å². The molecule has 4 N–H and O–H groups in total. The molecule has 4 aliphatic carbocycles. The minimum atomic E-state index is -1.22. The first-order valence-electron chi connectivity index (χ1n) is 13.1. The first kappa shape index (κ1) is 24.4. The fraction of sp³-hybridized carbons (Fsp3) is 0.857. The molecule has 0 amide bonds. The molecule has 32 heavy (non-hydrogen) atoms. The molecule has 0 saturated heterocycles. The predicted octanol–water partition coefficient (Wildman–Crippen LogP) is 4.47. The topological polar surface area (TPSA) is 80.9 Å². The van der Waals surface area contributed by atoms with Crippen LogP contribution in [0.15, 0.2) is 23.8 Å². The summed E-state index contributed by atoms with van der Waals surface area (Å²) in [4.78, 5) is 0. The molecule has 0 aliphatic heterocycles. The maximum Gasteiger partial charge on any atom is 0.102 e. The van der Waals surface area contributed by atoms with Crippen molar-refractivity contribution in [2.75, 3.05) is 6.61 Å². The van der Waals surface area contributed by atoms with Gasteiger partial charge in [-0.1, -0.05) is 58.4 Å². The summed E-state index contributed by atoms with van der Waals surface area (Å²) in [5.74, 6) is 2.53. The minimum absolute atomic E-state index is 0.220. The lowest BCUT2D eigenvalue weighted by molar-refractivity contribution is -0.210. The van der Waals surface area contributed by atoms with Crippen molar-refractivity contribution in [2.45, 2.75) is 97.4 Å². The van der Waals surface area contributed by atoms with Crippen molar-refractivity contribution >= 4 is 0 Å². The Morgan fingerprint density at radius 2 is 1.72 bits per heavy atom. The summed E-state index contributed by atoms with van der Waals surface area (Å²) in [6, 6.07) is 0. The summed E-state index contributed by atoms with van der Waals surface area (Å²) in [7, 11) is 0. The van der Waals surface area contributed by atoms with Gasteiger partial charge in [0.1, 0.15) is 11.7 Å². The summed E-state index contributed by atoms with van der Waals surface area (Å²) in [6.07, 6.45) is 11.6. The van der Waals surface area contributed by atoms with Gasteiger partial charge in [-0.15, -0.1) is 0 Å². The molecule has 1 unspecified atom stereocenters. The predicted molar refractivity (Wildman–Crippen MR) is 128 cm³/mol. The van der Waals surface area contributed by atoms with E-state index in [9.17, 15) is 20.4 Å². The van der Waals surface area contributed by atoms with Crippen molar-refractivity contribution in [1.82, 2.24) is 0 Å². The number of aliphatic hydroxyl groups excluding tert-OH is 3. The van der Waals surface area contributed by atoms with Crippen LogP contribution in [-0.4, -0.2) is 44.8 Å². The molecule has 182 valence electrons. The van der Waals surface area contributed by atoms with Crippen LogP contribution in [0.2, 0.25) is 0 Å². The standard InChI is InChI=1S/C28H46O4/c1-17(19(3)16-29)6-7-18(2)22-8-9-23-21-14-25(31)28(32)15-20(30)10-13-27(28,5)24(21)11-12-26(22,23)4/h6-7,14,17-20,22-25,29-32H,8-13,15-16H2,1-5H3/b7-6+/t17-,18+,19?,20-,22-,23+,24-,25+,26+,27+,28-/m0/s1. The average Bonchev–Trinajstić information content (AvgIpc) is 3.11. The molecule has 4 heteroatoms. The van der Waals surface area contributed by atoms with Crippen molar-refractivity contribution in [3.05, 3.63) is 23.8 Å². The van der Waals surface area contributed by atoms with Crippen LogP contribution < -0.4 is 0 Å². The van der Waals surface area contributed by atoms with E-state index < -0.39 is 17.8 Å². The van der Waals surface area contributed by atoms with E-state index in [1.165, 1.54) is 12.0 Å². The molecule has 4 rings (SSSR count). The molecule has 4 aliphatic rings. The lowest BCUT2D eigenvalue weighted by atomic mass is 9.45. The summed E-state index contributed by atoms with van der Waals surface area (Å²) in [5, 5.41) is 42.4. The number of allylic oxidation sites excluding steroid dienone is 3.